The van der Waals surface area contributed by atoms with Gasteiger partial charge >= 0.3 is 13.8 Å². The van der Waals surface area contributed by atoms with Gasteiger partial charge in [-0.25, -0.2) is 28.6 Å². The van der Waals surface area contributed by atoms with E-state index in [-0.39, 0.29) is 22.5 Å². The number of pyridine rings is 1. The van der Waals surface area contributed by atoms with Crippen molar-refractivity contribution >= 4 is 38.6 Å². The van der Waals surface area contributed by atoms with Gasteiger partial charge in [-0.1, -0.05) is 0 Å². The zero-order valence-corrected chi connectivity index (χ0v) is 24.8. The lowest BCUT2D eigenvalue weighted by Crippen LogP contribution is -2.46. The number of aliphatic hydroxyl groups is 4. The summed E-state index contributed by atoms with van der Waals surface area (Å²) in [4.78, 5) is 46.0. The molecule has 0 saturated carbocycles. The normalized spacial score (nSPS) is 31.1. The Balaban J connectivity index is 1.16. The fourth-order valence-electron chi connectivity index (χ4n) is 4.66. The van der Waals surface area contributed by atoms with E-state index in [0.717, 1.165) is 6.33 Å². The van der Waals surface area contributed by atoms with Crippen LogP contribution >= 0.6 is 15.6 Å². The minimum Gasteiger partial charge on any atom is -0.756 e. The molecule has 2 aliphatic heterocycles. The Hall–Kier alpha value is -3.01. The molecular weight excluding hydrogens is 650 g/mol. The van der Waals surface area contributed by atoms with Crippen molar-refractivity contribution in [1.82, 2.24) is 19.5 Å². The van der Waals surface area contributed by atoms with Crippen LogP contribution in [0.1, 0.15) is 22.8 Å². The standard InChI is InChI=1S/C22H28N6O15P2/c1-38-22(33)10-3-2-4-27(5-10)20-16(31)14(29)11(41-20)6-39-44(34,35)43-45(36,37)40-7-12-15(30)17(32)21(42-12)28-9-26-13-18(23)24-8-25-19(13)28/h2-5,8-9,11-12,14-17,20-21,29-32H,6-7H2,1H3,(H3-,23,24,25,34,35,36,37)/t11-,12-,14-,15-,16-,17-,20-,21-/m1/s1. The number of phosphoric ester groups is 2. The lowest BCUT2D eigenvalue weighted by atomic mass is 10.1. The van der Waals surface area contributed by atoms with Crippen LogP contribution in [0.25, 0.3) is 11.2 Å². The molecule has 7 N–H and O–H groups in total. The molecule has 23 heteroatoms. The lowest BCUT2D eigenvalue weighted by Gasteiger charge is -2.26. The van der Waals surface area contributed by atoms with E-state index in [0.29, 0.717) is 0 Å². The molecule has 45 heavy (non-hydrogen) atoms. The molecule has 2 aliphatic rings. The zero-order valence-electron chi connectivity index (χ0n) is 23.0. The third-order valence-corrected chi connectivity index (χ3v) is 9.44. The monoisotopic (exact) mass is 678 g/mol. The molecule has 0 spiro atoms. The summed E-state index contributed by atoms with van der Waals surface area (Å²) in [6, 6.07) is 2.87. The van der Waals surface area contributed by atoms with E-state index >= 15 is 0 Å². The average molecular weight is 678 g/mol. The second-order valence-electron chi connectivity index (χ2n) is 9.80. The highest BCUT2D eigenvalue weighted by Crippen LogP contribution is 2.58. The van der Waals surface area contributed by atoms with Crippen LogP contribution in [0, 0.1) is 0 Å². The Morgan fingerprint density at radius 1 is 1.07 bits per heavy atom. The summed E-state index contributed by atoms with van der Waals surface area (Å²) < 4.78 is 56.3. The Labute approximate surface area is 252 Å². The second kappa shape index (κ2) is 13.0. The number of hydrogen-bond donors (Lipinski definition) is 6. The second-order valence-corrected chi connectivity index (χ2v) is 12.8. The summed E-state index contributed by atoms with van der Waals surface area (Å²) in [7, 11) is -9.89. The van der Waals surface area contributed by atoms with Crippen LogP contribution in [0.3, 0.4) is 0 Å². The predicted molar refractivity (Wildman–Crippen MR) is 140 cm³/mol. The molecule has 0 aliphatic carbocycles. The first kappa shape index (κ1) is 33.4. The van der Waals surface area contributed by atoms with Crippen LogP contribution in [-0.2, 0) is 36.7 Å². The molecule has 3 aromatic rings. The van der Waals surface area contributed by atoms with Crippen molar-refractivity contribution in [2.75, 3.05) is 26.1 Å². The van der Waals surface area contributed by atoms with Gasteiger partial charge in [0.25, 0.3) is 14.1 Å². The Morgan fingerprint density at radius 2 is 1.76 bits per heavy atom. The molecule has 3 aromatic heterocycles. The number of nitrogens with two attached hydrogens (primary N) is 1. The van der Waals surface area contributed by atoms with Crippen molar-refractivity contribution in [1.29, 1.82) is 0 Å². The number of hydrogen-bond acceptors (Lipinski definition) is 18. The number of phosphoric acid groups is 2. The molecule has 0 radical (unpaired) electrons. The molecule has 10 atom stereocenters. The Bertz CT molecular complexity index is 1650. The van der Waals surface area contributed by atoms with Gasteiger partial charge in [0.15, 0.2) is 36.2 Å². The number of carbonyl (C=O) groups excluding carboxylic acids is 1. The van der Waals surface area contributed by atoms with E-state index in [1.165, 1.54) is 47.1 Å². The van der Waals surface area contributed by atoms with Crippen LogP contribution in [-0.4, -0.2) is 108 Å². The molecule has 5 heterocycles. The summed E-state index contributed by atoms with van der Waals surface area (Å²) >= 11 is 0. The number of esters is 1. The SMILES string of the molecule is COC(=O)c1ccc[n+]([C@@H]2O[C@H](COP(=O)([O-])OP(=O)(O)OC[C@H]3O[C@@H](n4cnc5c(N)ncnc54)[C@H](O)[C@@H]3O)[C@@H](O)[C@H]2O)c1. The van der Waals surface area contributed by atoms with Gasteiger partial charge < -0.3 is 54.7 Å². The summed E-state index contributed by atoms with van der Waals surface area (Å²) in [6.45, 7) is -1.88. The summed E-state index contributed by atoms with van der Waals surface area (Å²) in [5.41, 5.74) is 6.19. The molecule has 0 bridgehead atoms. The van der Waals surface area contributed by atoms with Crippen LogP contribution < -0.4 is 15.2 Å². The van der Waals surface area contributed by atoms with Crippen LogP contribution in [0.4, 0.5) is 5.82 Å². The van der Waals surface area contributed by atoms with Crippen molar-refractivity contribution in [3.8, 4) is 0 Å². The quantitative estimate of drug-likeness (QED) is 0.0670. The minimum atomic E-state index is -5.62. The van der Waals surface area contributed by atoms with Crippen LogP contribution in [0.5, 0.6) is 0 Å². The fraction of sp³-hybridized carbons (Fsp3) is 0.500. The molecule has 5 rings (SSSR count). The van der Waals surface area contributed by atoms with E-state index in [9.17, 15) is 44.1 Å². The maximum Gasteiger partial charge on any atom is 0.478 e. The first-order chi connectivity index (χ1) is 21.2. The first-order valence-electron chi connectivity index (χ1n) is 12.9. The summed E-state index contributed by atoms with van der Waals surface area (Å²) in [5.74, 6) is -0.640. The van der Waals surface area contributed by atoms with Gasteiger partial charge in [0.2, 0.25) is 0 Å². The lowest BCUT2D eigenvalue weighted by molar-refractivity contribution is -0.765. The molecule has 2 unspecified atom stereocenters. The molecule has 2 saturated heterocycles. The molecule has 21 nitrogen and oxygen atoms in total. The average Bonchev–Trinajstić information content (AvgIpc) is 3.64. The number of anilines is 1. The van der Waals surface area contributed by atoms with Gasteiger partial charge in [0.05, 0.1) is 26.7 Å². The maximum absolute atomic E-state index is 12.4. The van der Waals surface area contributed by atoms with E-state index < -0.39 is 83.9 Å². The van der Waals surface area contributed by atoms with Crippen molar-refractivity contribution in [2.45, 2.75) is 49.1 Å². The van der Waals surface area contributed by atoms with E-state index in [1.54, 1.807) is 0 Å². The van der Waals surface area contributed by atoms with E-state index in [2.05, 4.69) is 33.0 Å². The summed E-state index contributed by atoms with van der Waals surface area (Å²) in [6.07, 6.45) is -7.01. The van der Waals surface area contributed by atoms with Crippen molar-refractivity contribution < 1.29 is 76.3 Å². The van der Waals surface area contributed by atoms with Gasteiger partial charge in [-0.05, 0) is 6.07 Å². The van der Waals surface area contributed by atoms with Gasteiger partial charge in [-0.2, -0.15) is 4.57 Å². The number of nitrogen functional groups attached to an aromatic ring is 1. The highest BCUT2D eigenvalue weighted by Gasteiger charge is 2.49. The minimum absolute atomic E-state index is 0.0450. The molecular formula is C22H28N6O15P2. The van der Waals surface area contributed by atoms with E-state index in [4.69, 9.17) is 15.2 Å². The van der Waals surface area contributed by atoms with Gasteiger partial charge in [0.1, 0.15) is 47.9 Å². The number of fused-ring (bicyclic) bond motifs is 1. The number of carbonyl (C=O) groups is 1. The van der Waals surface area contributed by atoms with Gasteiger partial charge in [-0.3, -0.25) is 13.7 Å². The van der Waals surface area contributed by atoms with Crippen molar-refractivity contribution in [3.05, 3.63) is 42.7 Å². The van der Waals surface area contributed by atoms with Gasteiger partial charge in [-0.15, -0.1) is 0 Å². The predicted octanol–water partition coefficient (Wildman–Crippen LogP) is -2.96. The van der Waals surface area contributed by atoms with Crippen LogP contribution in [0.15, 0.2) is 37.2 Å². The Morgan fingerprint density at radius 3 is 2.49 bits per heavy atom. The number of nitrogens with zero attached hydrogens (tertiary/aromatic N) is 5. The fourth-order valence-corrected chi connectivity index (χ4v) is 6.71. The highest BCUT2D eigenvalue weighted by atomic mass is 31.3. The molecule has 0 amide bonds. The maximum atomic E-state index is 12.4. The first-order valence-corrected chi connectivity index (χ1v) is 15.9. The zero-order chi connectivity index (χ0) is 32.7. The number of imidazole rings is 1. The number of ether oxygens (including phenoxy) is 3. The van der Waals surface area contributed by atoms with Crippen molar-refractivity contribution in [3.63, 3.8) is 0 Å². The number of rotatable bonds is 11. The van der Waals surface area contributed by atoms with Crippen molar-refractivity contribution in [2.24, 2.45) is 0 Å². The molecule has 0 aromatic carbocycles. The van der Waals surface area contributed by atoms with Gasteiger partial charge in [0, 0.05) is 6.07 Å². The molecule has 2 fully saturated rings. The smallest absolute Gasteiger partial charge is 0.478 e. The number of aliphatic hydroxyl groups excluding tert-OH is 4. The largest absolute Gasteiger partial charge is 0.756 e. The van der Waals surface area contributed by atoms with Crippen LogP contribution in [0.2, 0.25) is 0 Å². The summed E-state index contributed by atoms with van der Waals surface area (Å²) in [5, 5.41) is 41.7. The third kappa shape index (κ3) is 7.05. The molecule has 246 valence electrons. The topological polar surface area (TPSA) is 304 Å². The Kier molecular flexibility index (Phi) is 9.64. The number of methoxy groups -OCH3 is 1. The highest BCUT2D eigenvalue weighted by molar-refractivity contribution is 7.60. The third-order valence-electron chi connectivity index (χ3n) is 6.87. The van der Waals surface area contributed by atoms with E-state index in [1.807, 2.05) is 0 Å². The number of aromatic nitrogens is 5.